The van der Waals surface area contributed by atoms with E-state index in [-0.39, 0.29) is 0 Å². The van der Waals surface area contributed by atoms with Gasteiger partial charge in [-0.15, -0.1) is 0 Å². The van der Waals surface area contributed by atoms with Crippen molar-refractivity contribution in [2.45, 2.75) is 40.7 Å². The molecule has 0 aliphatic heterocycles. The van der Waals surface area contributed by atoms with Gasteiger partial charge in [0.05, 0.1) is 13.2 Å². The van der Waals surface area contributed by atoms with E-state index in [1.807, 2.05) is 12.1 Å². The number of nitrogens with one attached hydrogen (secondary N) is 1. The molecule has 0 radical (unpaired) electrons. The minimum atomic E-state index is 0.521. The molecule has 0 unspecified atom stereocenters. The number of rotatable bonds is 9. The van der Waals surface area contributed by atoms with Gasteiger partial charge in [-0.05, 0) is 24.9 Å². The zero-order valence-electron chi connectivity index (χ0n) is 12.7. The van der Waals surface area contributed by atoms with Crippen LogP contribution in [0.15, 0.2) is 18.2 Å². The molecule has 0 amide bonds. The summed E-state index contributed by atoms with van der Waals surface area (Å²) in [4.78, 5) is 0. The van der Waals surface area contributed by atoms with Gasteiger partial charge < -0.3 is 14.8 Å². The van der Waals surface area contributed by atoms with E-state index in [0.29, 0.717) is 5.92 Å². The molecule has 1 N–H and O–H groups in total. The summed E-state index contributed by atoms with van der Waals surface area (Å²) in [6.07, 6.45) is 1.02. The van der Waals surface area contributed by atoms with Gasteiger partial charge in [-0.3, -0.25) is 0 Å². The third-order valence-electron chi connectivity index (χ3n) is 2.65. The number of hydrogen-bond acceptors (Lipinski definition) is 3. The second-order valence-corrected chi connectivity index (χ2v) is 5.10. The van der Waals surface area contributed by atoms with Gasteiger partial charge in [0.2, 0.25) is 0 Å². The molecule has 0 atom stereocenters. The summed E-state index contributed by atoms with van der Waals surface area (Å²) in [6.45, 7) is 11.8. The second-order valence-electron chi connectivity index (χ2n) is 5.10. The Morgan fingerprint density at radius 3 is 2.58 bits per heavy atom. The Bertz CT molecular complexity index is 364. The predicted octanol–water partition coefficient (Wildman–Crippen LogP) is 3.62. The first-order valence-electron chi connectivity index (χ1n) is 7.26. The van der Waals surface area contributed by atoms with Gasteiger partial charge in [-0.2, -0.15) is 0 Å². The highest BCUT2D eigenvalue weighted by atomic mass is 16.5. The van der Waals surface area contributed by atoms with E-state index in [2.05, 4.69) is 39.1 Å². The summed E-state index contributed by atoms with van der Waals surface area (Å²) < 4.78 is 11.6. The van der Waals surface area contributed by atoms with Crippen molar-refractivity contribution in [2.24, 2.45) is 5.92 Å². The normalized spacial score (nSPS) is 10.8. The molecule has 0 bridgehead atoms. The van der Waals surface area contributed by atoms with Crippen LogP contribution in [0.5, 0.6) is 11.5 Å². The molecule has 0 saturated heterocycles. The first-order chi connectivity index (χ1) is 9.17. The number of hydrogen-bond donors (Lipinski definition) is 1. The van der Waals surface area contributed by atoms with E-state index < -0.39 is 0 Å². The Hall–Kier alpha value is -1.22. The summed E-state index contributed by atoms with van der Waals surface area (Å²) in [5.41, 5.74) is 1.19. The maximum atomic E-state index is 5.90. The van der Waals surface area contributed by atoms with Crippen molar-refractivity contribution in [3.8, 4) is 11.5 Å². The monoisotopic (exact) mass is 265 g/mol. The summed E-state index contributed by atoms with van der Waals surface area (Å²) in [6, 6.07) is 6.11. The number of benzene rings is 1. The van der Waals surface area contributed by atoms with Crippen molar-refractivity contribution in [2.75, 3.05) is 19.8 Å². The van der Waals surface area contributed by atoms with Crippen molar-refractivity contribution in [3.63, 3.8) is 0 Å². The summed E-state index contributed by atoms with van der Waals surface area (Å²) in [5, 5.41) is 3.33. The maximum Gasteiger partial charge on any atom is 0.127 e. The fourth-order valence-electron chi connectivity index (χ4n) is 1.64. The Morgan fingerprint density at radius 1 is 1.16 bits per heavy atom. The van der Waals surface area contributed by atoms with Crippen LogP contribution < -0.4 is 14.8 Å². The highest BCUT2D eigenvalue weighted by molar-refractivity contribution is 5.40. The van der Waals surface area contributed by atoms with E-state index >= 15 is 0 Å². The lowest BCUT2D eigenvalue weighted by molar-refractivity contribution is 0.264. The largest absolute Gasteiger partial charge is 0.493 e. The van der Waals surface area contributed by atoms with Crippen LogP contribution in [-0.4, -0.2) is 19.8 Å². The molecule has 0 heterocycles. The number of ether oxygens (including phenoxy) is 2. The SMILES string of the molecule is CCCOc1ccc(CNCC)c(OCC(C)C)c1. The lowest BCUT2D eigenvalue weighted by atomic mass is 10.2. The third-order valence-corrected chi connectivity index (χ3v) is 2.65. The smallest absolute Gasteiger partial charge is 0.127 e. The molecule has 3 nitrogen and oxygen atoms in total. The molecule has 0 fully saturated rings. The van der Waals surface area contributed by atoms with Crippen molar-refractivity contribution in [3.05, 3.63) is 23.8 Å². The molecule has 0 aliphatic carbocycles. The molecule has 3 heteroatoms. The Morgan fingerprint density at radius 2 is 1.95 bits per heavy atom. The molecule has 1 aromatic carbocycles. The Kier molecular flexibility index (Phi) is 7.34. The van der Waals surface area contributed by atoms with Gasteiger partial charge in [-0.1, -0.05) is 33.8 Å². The van der Waals surface area contributed by atoms with E-state index in [4.69, 9.17) is 9.47 Å². The lowest BCUT2D eigenvalue weighted by Gasteiger charge is -2.15. The van der Waals surface area contributed by atoms with Crippen LogP contribution in [0.1, 0.15) is 39.7 Å². The van der Waals surface area contributed by atoms with Crippen LogP contribution in [0, 0.1) is 5.92 Å². The molecule has 0 aromatic heterocycles. The average Bonchev–Trinajstić information content (AvgIpc) is 2.41. The second kappa shape index (κ2) is 8.81. The van der Waals surface area contributed by atoms with Gasteiger partial charge in [0.1, 0.15) is 11.5 Å². The summed E-state index contributed by atoms with van der Waals surface area (Å²) in [7, 11) is 0. The summed E-state index contributed by atoms with van der Waals surface area (Å²) in [5.74, 6) is 2.34. The van der Waals surface area contributed by atoms with E-state index in [1.165, 1.54) is 5.56 Å². The Balaban J connectivity index is 2.77. The standard InChI is InChI=1S/C16H27NO2/c1-5-9-18-15-8-7-14(11-17-6-2)16(10-15)19-12-13(3)4/h7-8,10,13,17H,5-6,9,11-12H2,1-4H3. The lowest BCUT2D eigenvalue weighted by Crippen LogP contribution is -2.14. The molecule has 0 saturated carbocycles. The quantitative estimate of drug-likeness (QED) is 0.739. The first kappa shape index (κ1) is 15.8. The van der Waals surface area contributed by atoms with Gasteiger partial charge in [0.25, 0.3) is 0 Å². The van der Waals surface area contributed by atoms with Gasteiger partial charge >= 0.3 is 0 Å². The van der Waals surface area contributed by atoms with Crippen LogP contribution in [-0.2, 0) is 6.54 Å². The van der Waals surface area contributed by atoms with Crippen LogP contribution in [0.25, 0.3) is 0 Å². The van der Waals surface area contributed by atoms with Crippen LogP contribution in [0.4, 0.5) is 0 Å². The minimum Gasteiger partial charge on any atom is -0.493 e. The van der Waals surface area contributed by atoms with Gasteiger partial charge in [0.15, 0.2) is 0 Å². The predicted molar refractivity (Wildman–Crippen MR) is 79.9 cm³/mol. The van der Waals surface area contributed by atoms with Gasteiger partial charge in [-0.25, -0.2) is 0 Å². The maximum absolute atomic E-state index is 5.90. The fourth-order valence-corrected chi connectivity index (χ4v) is 1.64. The zero-order valence-corrected chi connectivity index (χ0v) is 12.7. The molecule has 0 spiro atoms. The molecule has 19 heavy (non-hydrogen) atoms. The van der Waals surface area contributed by atoms with E-state index in [1.54, 1.807) is 0 Å². The highest BCUT2D eigenvalue weighted by Gasteiger charge is 2.07. The zero-order chi connectivity index (χ0) is 14.1. The van der Waals surface area contributed by atoms with Crippen LogP contribution in [0.3, 0.4) is 0 Å². The summed E-state index contributed by atoms with van der Waals surface area (Å²) >= 11 is 0. The highest BCUT2D eigenvalue weighted by Crippen LogP contribution is 2.25. The molecular formula is C16H27NO2. The average molecular weight is 265 g/mol. The van der Waals surface area contributed by atoms with Crippen molar-refractivity contribution >= 4 is 0 Å². The first-order valence-corrected chi connectivity index (χ1v) is 7.26. The van der Waals surface area contributed by atoms with Crippen LogP contribution in [0.2, 0.25) is 0 Å². The molecule has 1 rings (SSSR count). The Labute approximate surface area is 117 Å². The van der Waals surface area contributed by atoms with Gasteiger partial charge in [0, 0.05) is 18.2 Å². The van der Waals surface area contributed by atoms with Crippen LogP contribution >= 0.6 is 0 Å². The minimum absolute atomic E-state index is 0.521. The van der Waals surface area contributed by atoms with Crippen molar-refractivity contribution in [1.29, 1.82) is 0 Å². The topological polar surface area (TPSA) is 30.5 Å². The fraction of sp³-hybridized carbons (Fsp3) is 0.625. The van der Waals surface area contributed by atoms with Crippen molar-refractivity contribution < 1.29 is 9.47 Å². The molecule has 108 valence electrons. The molecule has 1 aromatic rings. The third kappa shape index (κ3) is 5.97. The van der Waals surface area contributed by atoms with E-state index in [9.17, 15) is 0 Å². The van der Waals surface area contributed by atoms with E-state index in [0.717, 1.165) is 44.2 Å². The van der Waals surface area contributed by atoms with Crippen molar-refractivity contribution in [1.82, 2.24) is 5.32 Å². The molecular weight excluding hydrogens is 238 g/mol. The molecule has 0 aliphatic rings.